The van der Waals surface area contributed by atoms with E-state index in [4.69, 9.17) is 9.26 Å². The van der Waals surface area contributed by atoms with E-state index < -0.39 is 6.67 Å². The Hall–Kier alpha value is -2.90. The summed E-state index contributed by atoms with van der Waals surface area (Å²) in [5.41, 5.74) is 1.66. The average Bonchev–Trinajstić information content (AvgIpc) is 3.11. The lowest BCUT2D eigenvalue weighted by Crippen LogP contribution is -2.14. The Balaban J connectivity index is 1.84. The van der Waals surface area contributed by atoms with E-state index in [9.17, 15) is 9.18 Å². The molecule has 0 aliphatic rings. The third-order valence-corrected chi connectivity index (χ3v) is 3.57. The summed E-state index contributed by atoms with van der Waals surface area (Å²) >= 11 is 0. The summed E-state index contributed by atoms with van der Waals surface area (Å²) in [6, 6.07) is 5.30. The van der Waals surface area contributed by atoms with Gasteiger partial charge in [-0.2, -0.15) is 5.10 Å². The number of benzene rings is 1. The molecule has 1 aromatic carbocycles. The molecule has 1 amide bonds. The molecule has 2 N–H and O–H groups in total. The molecule has 126 valence electrons. The summed E-state index contributed by atoms with van der Waals surface area (Å²) in [5, 5.41) is 14.2. The van der Waals surface area contributed by atoms with Crippen LogP contribution in [0.15, 0.2) is 22.7 Å². The monoisotopic (exact) mass is 332 g/mol. The molecule has 0 bridgehead atoms. The van der Waals surface area contributed by atoms with Crippen molar-refractivity contribution in [2.45, 2.75) is 20.3 Å². The predicted octanol–water partition coefficient (Wildman–Crippen LogP) is 3.16. The van der Waals surface area contributed by atoms with E-state index in [2.05, 4.69) is 20.7 Å². The van der Waals surface area contributed by atoms with Crippen molar-refractivity contribution >= 4 is 22.6 Å². The van der Waals surface area contributed by atoms with Gasteiger partial charge in [0.1, 0.15) is 17.1 Å². The van der Waals surface area contributed by atoms with Crippen LogP contribution in [0.25, 0.3) is 10.9 Å². The molecule has 0 atom stereocenters. The summed E-state index contributed by atoms with van der Waals surface area (Å²) in [6.07, 6.45) is 0.332. The van der Waals surface area contributed by atoms with Crippen LogP contribution in [0.5, 0.6) is 5.75 Å². The molecule has 0 aliphatic heterocycles. The van der Waals surface area contributed by atoms with Gasteiger partial charge in [-0.15, -0.1) is 0 Å². The first-order valence-electron chi connectivity index (χ1n) is 7.51. The highest BCUT2D eigenvalue weighted by molar-refractivity contribution is 6.09. The van der Waals surface area contributed by atoms with Gasteiger partial charge >= 0.3 is 0 Å². The van der Waals surface area contributed by atoms with Gasteiger partial charge in [-0.1, -0.05) is 5.16 Å². The molecule has 24 heavy (non-hydrogen) atoms. The van der Waals surface area contributed by atoms with Gasteiger partial charge in [0.05, 0.1) is 24.5 Å². The lowest BCUT2D eigenvalue weighted by molar-refractivity contribution is 0.102. The zero-order chi connectivity index (χ0) is 17.1. The van der Waals surface area contributed by atoms with Crippen LogP contribution < -0.4 is 10.1 Å². The third-order valence-electron chi connectivity index (χ3n) is 3.57. The molecule has 7 nitrogen and oxygen atoms in total. The number of hydrogen-bond donors (Lipinski definition) is 2. The minimum Gasteiger partial charge on any atom is -0.493 e. The number of aromatic amines is 1. The summed E-state index contributed by atoms with van der Waals surface area (Å²) in [6.45, 7) is 3.24. The van der Waals surface area contributed by atoms with Crippen molar-refractivity contribution in [3.63, 3.8) is 0 Å². The zero-order valence-corrected chi connectivity index (χ0v) is 13.4. The van der Waals surface area contributed by atoms with Gasteiger partial charge in [-0.05, 0) is 32.0 Å². The Morgan fingerprint density at radius 3 is 2.96 bits per heavy atom. The molecule has 3 rings (SSSR count). The van der Waals surface area contributed by atoms with Gasteiger partial charge in [0.25, 0.3) is 5.91 Å². The van der Waals surface area contributed by atoms with Crippen LogP contribution in [0.2, 0.25) is 0 Å². The van der Waals surface area contributed by atoms with E-state index in [1.807, 2.05) is 0 Å². The molecule has 0 spiro atoms. The number of alkyl halides is 1. The number of aryl methyl sites for hydroxylation is 2. The van der Waals surface area contributed by atoms with Crippen molar-refractivity contribution in [1.82, 2.24) is 15.4 Å². The number of ether oxygens (including phenoxy) is 1. The highest BCUT2D eigenvalue weighted by Gasteiger charge is 2.19. The van der Waals surface area contributed by atoms with Crippen LogP contribution in [-0.4, -0.2) is 34.5 Å². The van der Waals surface area contributed by atoms with E-state index in [-0.39, 0.29) is 5.91 Å². The summed E-state index contributed by atoms with van der Waals surface area (Å²) < 4.78 is 22.6. The highest BCUT2D eigenvalue weighted by Crippen LogP contribution is 2.26. The second-order valence-electron chi connectivity index (χ2n) is 5.32. The number of fused-ring (bicyclic) bond motifs is 1. The Morgan fingerprint density at radius 1 is 1.42 bits per heavy atom. The molecule has 0 saturated carbocycles. The van der Waals surface area contributed by atoms with Gasteiger partial charge in [-0.3, -0.25) is 14.3 Å². The molecule has 0 unspecified atom stereocenters. The summed E-state index contributed by atoms with van der Waals surface area (Å²) in [5.74, 6) is 1.07. The second kappa shape index (κ2) is 6.69. The van der Waals surface area contributed by atoms with Crippen LogP contribution in [0, 0.1) is 13.8 Å². The summed E-state index contributed by atoms with van der Waals surface area (Å²) in [7, 11) is 0. The lowest BCUT2D eigenvalue weighted by Gasteiger charge is -2.05. The van der Waals surface area contributed by atoms with E-state index in [1.54, 1.807) is 32.0 Å². The van der Waals surface area contributed by atoms with Gasteiger partial charge < -0.3 is 14.6 Å². The number of aromatic nitrogens is 3. The third kappa shape index (κ3) is 3.08. The SMILES string of the molecule is Cc1noc(C)c1C(=O)Nc1n[nH]c2ccc(OCCCF)cc12. The van der Waals surface area contributed by atoms with Crippen LogP contribution in [-0.2, 0) is 0 Å². The maximum atomic E-state index is 12.4. The first-order valence-corrected chi connectivity index (χ1v) is 7.51. The number of H-pyrrole nitrogens is 1. The average molecular weight is 332 g/mol. The molecule has 8 heteroatoms. The minimum atomic E-state index is -0.424. The maximum Gasteiger partial charge on any atom is 0.262 e. The van der Waals surface area contributed by atoms with Gasteiger partial charge in [0.2, 0.25) is 0 Å². The van der Waals surface area contributed by atoms with Crippen molar-refractivity contribution in [2.24, 2.45) is 0 Å². The number of carbonyl (C=O) groups excluding carboxylic acids is 1. The molecule has 0 fully saturated rings. The topological polar surface area (TPSA) is 93.0 Å². The highest BCUT2D eigenvalue weighted by atomic mass is 19.1. The van der Waals surface area contributed by atoms with E-state index in [0.29, 0.717) is 47.0 Å². The van der Waals surface area contributed by atoms with Crippen LogP contribution in [0.3, 0.4) is 0 Å². The molecule has 0 aliphatic carbocycles. The van der Waals surface area contributed by atoms with E-state index in [1.165, 1.54) is 0 Å². The van der Waals surface area contributed by atoms with Gasteiger partial charge in [-0.25, -0.2) is 0 Å². The Kier molecular flexibility index (Phi) is 4.45. The quantitative estimate of drug-likeness (QED) is 0.676. The number of anilines is 1. The number of amides is 1. The second-order valence-corrected chi connectivity index (χ2v) is 5.32. The molecular formula is C16H17FN4O3. The molecule has 3 aromatic rings. The van der Waals surface area contributed by atoms with E-state index in [0.717, 1.165) is 5.52 Å². The molecule has 2 heterocycles. The van der Waals surface area contributed by atoms with Crippen LogP contribution in [0.4, 0.5) is 10.2 Å². The van der Waals surface area contributed by atoms with Gasteiger partial charge in [0.15, 0.2) is 5.82 Å². The Labute approximate surface area is 137 Å². The number of nitrogens with zero attached hydrogens (tertiary/aromatic N) is 2. The van der Waals surface area contributed by atoms with Crippen molar-refractivity contribution in [3.8, 4) is 5.75 Å². The Morgan fingerprint density at radius 2 is 2.25 bits per heavy atom. The van der Waals surface area contributed by atoms with Crippen molar-refractivity contribution in [1.29, 1.82) is 0 Å². The lowest BCUT2D eigenvalue weighted by atomic mass is 10.2. The fraction of sp³-hybridized carbons (Fsp3) is 0.312. The van der Waals surface area contributed by atoms with Crippen molar-refractivity contribution < 1.29 is 18.4 Å². The number of carbonyl (C=O) groups is 1. The van der Waals surface area contributed by atoms with Crippen molar-refractivity contribution in [2.75, 3.05) is 18.6 Å². The molecule has 2 aromatic heterocycles. The standard InChI is InChI=1S/C16H17FN4O3/c1-9-14(10(2)24-21-9)16(22)18-15-12-8-11(23-7-3-6-17)4-5-13(12)19-20-15/h4-5,8H,3,6-7H2,1-2H3,(H2,18,19,20,22). The number of rotatable bonds is 6. The fourth-order valence-corrected chi connectivity index (χ4v) is 2.40. The van der Waals surface area contributed by atoms with Crippen LogP contribution >= 0.6 is 0 Å². The molecular weight excluding hydrogens is 315 g/mol. The first-order chi connectivity index (χ1) is 11.6. The number of nitrogens with one attached hydrogen (secondary N) is 2. The summed E-state index contributed by atoms with van der Waals surface area (Å²) in [4.78, 5) is 12.4. The maximum absolute atomic E-state index is 12.4. The van der Waals surface area contributed by atoms with Crippen molar-refractivity contribution in [3.05, 3.63) is 35.2 Å². The number of hydrogen-bond acceptors (Lipinski definition) is 5. The first kappa shape index (κ1) is 16.0. The molecule has 0 radical (unpaired) electrons. The predicted molar refractivity (Wildman–Crippen MR) is 86.1 cm³/mol. The van der Waals surface area contributed by atoms with Gasteiger partial charge in [0, 0.05) is 11.8 Å². The minimum absolute atomic E-state index is 0.292. The van der Waals surface area contributed by atoms with Crippen LogP contribution in [0.1, 0.15) is 28.2 Å². The normalized spacial score (nSPS) is 11.0. The Bertz CT molecular complexity index is 852. The zero-order valence-electron chi connectivity index (χ0n) is 13.4. The molecule has 0 saturated heterocycles. The smallest absolute Gasteiger partial charge is 0.262 e. The largest absolute Gasteiger partial charge is 0.493 e. The fourth-order valence-electron chi connectivity index (χ4n) is 2.40. The van der Waals surface area contributed by atoms with E-state index >= 15 is 0 Å². The number of halogens is 1.